The van der Waals surface area contributed by atoms with Gasteiger partial charge < -0.3 is 0 Å². The molecule has 0 saturated carbocycles. The number of halogens is 3. The Labute approximate surface area is 166 Å². The van der Waals surface area contributed by atoms with Crippen molar-refractivity contribution in [3.8, 4) is 17.3 Å². The summed E-state index contributed by atoms with van der Waals surface area (Å²) in [4.78, 5) is 18.8. The lowest BCUT2D eigenvalue weighted by Crippen LogP contribution is -2.16. The van der Waals surface area contributed by atoms with Gasteiger partial charge in [-0.25, -0.2) is 14.8 Å². The number of aromatic amines is 1. The number of hydrogen-bond donors (Lipinski definition) is 2. The summed E-state index contributed by atoms with van der Waals surface area (Å²) >= 11 is 8.96. The van der Waals surface area contributed by atoms with Crippen LogP contribution in [-0.2, 0) is 0 Å². The van der Waals surface area contributed by atoms with Crippen LogP contribution in [0.25, 0.3) is 11.3 Å². The summed E-state index contributed by atoms with van der Waals surface area (Å²) in [6.07, 6.45) is 1.20. The topological polar surface area (TPSA) is 93.9 Å². The minimum atomic E-state index is -0.636. The molecular formula is C18H10BrClFN5O. The van der Waals surface area contributed by atoms with Crippen molar-refractivity contribution in [3.05, 3.63) is 79.3 Å². The van der Waals surface area contributed by atoms with Crippen LogP contribution in [0.5, 0.6) is 0 Å². The summed E-state index contributed by atoms with van der Waals surface area (Å²) in [5.74, 6) is -0.624. The second-order valence-electron chi connectivity index (χ2n) is 5.25. The third kappa shape index (κ3) is 4.05. The van der Waals surface area contributed by atoms with Crippen LogP contribution in [0.4, 0.5) is 10.3 Å². The minimum Gasteiger partial charge on any atom is -0.290 e. The number of hydrogen-bond acceptors (Lipinski definition) is 5. The monoisotopic (exact) mass is 445 g/mol. The Morgan fingerprint density at radius 3 is 2.74 bits per heavy atom. The number of anilines is 1. The average molecular weight is 447 g/mol. The summed E-state index contributed by atoms with van der Waals surface area (Å²) in [6.45, 7) is 0. The van der Waals surface area contributed by atoms with Gasteiger partial charge in [-0.3, -0.25) is 9.78 Å². The van der Waals surface area contributed by atoms with Crippen molar-refractivity contribution in [2.24, 2.45) is 5.10 Å². The molecule has 3 aromatic rings. The number of nitrogens with zero attached hydrogens (tertiary/aromatic N) is 3. The van der Waals surface area contributed by atoms with Crippen LogP contribution in [0.3, 0.4) is 0 Å². The average Bonchev–Trinajstić information content (AvgIpc) is 2.68. The Balaban J connectivity index is 1.93. The number of nitriles is 1. The second-order valence-corrected chi connectivity index (χ2v) is 6.48. The maximum atomic E-state index is 14.0. The first-order valence-electron chi connectivity index (χ1n) is 7.53. The molecule has 1 aromatic heterocycles. The molecule has 0 spiro atoms. The van der Waals surface area contributed by atoms with E-state index in [1.54, 1.807) is 30.3 Å². The summed E-state index contributed by atoms with van der Waals surface area (Å²) < 4.78 is 14.5. The molecule has 134 valence electrons. The highest BCUT2D eigenvalue weighted by Crippen LogP contribution is 2.26. The highest BCUT2D eigenvalue weighted by Gasteiger charge is 2.13. The molecule has 9 heteroatoms. The van der Waals surface area contributed by atoms with Gasteiger partial charge in [-0.15, -0.1) is 0 Å². The van der Waals surface area contributed by atoms with E-state index in [1.165, 1.54) is 12.3 Å². The molecule has 0 atom stereocenters. The molecule has 0 fully saturated rings. The van der Waals surface area contributed by atoms with Gasteiger partial charge in [0, 0.05) is 15.6 Å². The predicted octanol–water partition coefficient (Wildman–Crippen LogP) is 4.31. The lowest BCUT2D eigenvalue weighted by atomic mass is 10.1. The molecule has 27 heavy (non-hydrogen) atoms. The summed E-state index contributed by atoms with van der Waals surface area (Å²) in [5, 5.41) is 13.0. The van der Waals surface area contributed by atoms with E-state index in [9.17, 15) is 14.4 Å². The van der Waals surface area contributed by atoms with E-state index >= 15 is 0 Å². The minimum absolute atomic E-state index is 0.0118. The Morgan fingerprint density at radius 1 is 1.30 bits per heavy atom. The van der Waals surface area contributed by atoms with Gasteiger partial charge in [-0.05, 0) is 28.1 Å². The van der Waals surface area contributed by atoms with Gasteiger partial charge in [0.15, 0.2) is 5.82 Å². The molecule has 0 saturated heterocycles. The molecular weight excluding hydrogens is 437 g/mol. The van der Waals surface area contributed by atoms with Crippen molar-refractivity contribution in [3.63, 3.8) is 0 Å². The maximum Gasteiger partial charge on any atom is 0.270 e. The van der Waals surface area contributed by atoms with Gasteiger partial charge in [0.1, 0.15) is 11.6 Å². The van der Waals surface area contributed by atoms with E-state index in [-0.39, 0.29) is 27.8 Å². The number of rotatable bonds is 4. The van der Waals surface area contributed by atoms with E-state index in [0.29, 0.717) is 10.0 Å². The van der Waals surface area contributed by atoms with Crippen molar-refractivity contribution >= 4 is 39.7 Å². The highest BCUT2D eigenvalue weighted by atomic mass is 79.9. The first-order chi connectivity index (χ1) is 13.0. The molecule has 0 amide bonds. The number of benzene rings is 2. The fourth-order valence-corrected chi connectivity index (χ4v) is 2.72. The second kappa shape index (κ2) is 8.12. The number of aromatic nitrogens is 2. The molecule has 3 rings (SSSR count). The zero-order valence-corrected chi connectivity index (χ0v) is 15.8. The summed E-state index contributed by atoms with van der Waals surface area (Å²) in [5.41, 5.74) is 2.79. The zero-order chi connectivity index (χ0) is 19.4. The Bertz CT molecular complexity index is 1130. The molecule has 0 bridgehead atoms. The molecule has 0 unspecified atom stereocenters. The molecule has 2 N–H and O–H groups in total. The molecule has 1 heterocycles. The lowest BCUT2D eigenvalue weighted by molar-refractivity contribution is 0.625. The van der Waals surface area contributed by atoms with Gasteiger partial charge in [0.25, 0.3) is 5.56 Å². The molecule has 0 radical (unpaired) electrons. The lowest BCUT2D eigenvalue weighted by Gasteiger charge is -2.06. The molecule has 0 aliphatic heterocycles. The van der Waals surface area contributed by atoms with Crippen LogP contribution in [0, 0.1) is 17.1 Å². The Hall–Kier alpha value is -3.02. The summed E-state index contributed by atoms with van der Waals surface area (Å²) in [6, 6.07) is 13.7. The van der Waals surface area contributed by atoms with Crippen molar-refractivity contribution in [2.75, 3.05) is 5.43 Å². The summed E-state index contributed by atoms with van der Waals surface area (Å²) in [7, 11) is 0. The quantitative estimate of drug-likeness (QED) is 0.355. The maximum absolute atomic E-state index is 14.0. The van der Waals surface area contributed by atoms with Crippen LogP contribution >= 0.6 is 27.5 Å². The van der Waals surface area contributed by atoms with Crippen LogP contribution in [0.1, 0.15) is 11.1 Å². The van der Waals surface area contributed by atoms with Gasteiger partial charge in [0.2, 0.25) is 5.95 Å². The fraction of sp³-hybridized carbons (Fsp3) is 0. The molecule has 0 aliphatic carbocycles. The van der Waals surface area contributed by atoms with Gasteiger partial charge in [0.05, 0.1) is 16.9 Å². The first kappa shape index (κ1) is 18.8. The van der Waals surface area contributed by atoms with Gasteiger partial charge >= 0.3 is 0 Å². The third-order valence-electron chi connectivity index (χ3n) is 3.52. The van der Waals surface area contributed by atoms with Crippen LogP contribution in [0.2, 0.25) is 5.02 Å². The highest BCUT2D eigenvalue weighted by molar-refractivity contribution is 9.10. The Kier molecular flexibility index (Phi) is 5.64. The third-order valence-corrected chi connectivity index (χ3v) is 4.78. The van der Waals surface area contributed by atoms with Crippen molar-refractivity contribution < 1.29 is 4.39 Å². The largest absolute Gasteiger partial charge is 0.290 e. The van der Waals surface area contributed by atoms with Crippen molar-refractivity contribution in [1.82, 2.24) is 9.97 Å². The molecule has 2 aromatic carbocycles. The Morgan fingerprint density at radius 2 is 2.04 bits per heavy atom. The zero-order valence-electron chi connectivity index (χ0n) is 13.5. The van der Waals surface area contributed by atoms with Crippen molar-refractivity contribution in [2.45, 2.75) is 0 Å². The van der Waals surface area contributed by atoms with Crippen LogP contribution < -0.4 is 11.0 Å². The standard InChI is InChI=1S/C18H10BrClFN5O/c19-13-7-6-11(15(21)14(13)20)9-23-26-18-24-16(10-4-2-1-3-5-10)12(8-22)17(27)25-18/h1-7,9H,(H2,24,25,26,27). The van der Waals surface area contributed by atoms with E-state index in [0.717, 1.165) is 0 Å². The fourth-order valence-electron chi connectivity index (χ4n) is 2.24. The predicted molar refractivity (Wildman–Crippen MR) is 105 cm³/mol. The number of H-pyrrole nitrogens is 1. The van der Waals surface area contributed by atoms with E-state index in [4.69, 9.17) is 11.6 Å². The van der Waals surface area contributed by atoms with Gasteiger partial charge in [-0.2, -0.15) is 10.4 Å². The van der Waals surface area contributed by atoms with Crippen molar-refractivity contribution in [1.29, 1.82) is 5.26 Å². The molecule has 0 aliphatic rings. The first-order valence-corrected chi connectivity index (χ1v) is 8.70. The van der Waals surface area contributed by atoms with Gasteiger partial charge in [-0.1, -0.05) is 41.9 Å². The number of nitrogens with one attached hydrogen (secondary N) is 2. The SMILES string of the molecule is N#Cc1c(-c2ccccc2)nc(NN=Cc2ccc(Br)c(Cl)c2F)[nH]c1=O. The van der Waals surface area contributed by atoms with E-state index in [1.807, 2.05) is 12.1 Å². The van der Waals surface area contributed by atoms with E-state index < -0.39 is 11.4 Å². The number of hydrazone groups is 1. The van der Waals surface area contributed by atoms with Crippen LogP contribution in [0.15, 0.2) is 56.8 Å². The normalized spacial score (nSPS) is 10.7. The molecule has 6 nitrogen and oxygen atoms in total. The smallest absolute Gasteiger partial charge is 0.270 e. The van der Waals surface area contributed by atoms with Crippen LogP contribution in [-0.4, -0.2) is 16.2 Å². The van der Waals surface area contributed by atoms with E-state index in [2.05, 4.69) is 36.4 Å².